The van der Waals surface area contributed by atoms with Gasteiger partial charge in [-0.1, -0.05) is 25.7 Å². The standard InChI is InChI=1S/C9H15O2/c10-8-11-7-3-6-9-4-1-2-5-9/h6,8-9H,1-5,7H2. The molecular weight excluding hydrogens is 140 g/mol. The minimum Gasteiger partial charge on any atom is -0.468 e. The van der Waals surface area contributed by atoms with E-state index in [1.54, 1.807) is 0 Å². The lowest BCUT2D eigenvalue weighted by Gasteiger charge is -2.06. The Morgan fingerprint density at radius 1 is 1.36 bits per heavy atom. The maximum Gasteiger partial charge on any atom is 0.293 e. The molecule has 2 heteroatoms. The molecule has 0 aliphatic heterocycles. The van der Waals surface area contributed by atoms with Crippen LogP contribution in [0.5, 0.6) is 0 Å². The number of carbonyl (C=O) groups is 1. The molecule has 1 aliphatic carbocycles. The Bertz CT molecular complexity index is 106. The molecule has 0 aromatic heterocycles. The minimum atomic E-state index is 0.516. The first-order valence-corrected chi connectivity index (χ1v) is 4.32. The molecule has 0 aromatic rings. The van der Waals surface area contributed by atoms with E-state index in [1.807, 2.05) is 0 Å². The lowest BCUT2D eigenvalue weighted by molar-refractivity contribution is -0.128. The first-order chi connectivity index (χ1) is 5.43. The zero-order chi connectivity index (χ0) is 7.94. The van der Waals surface area contributed by atoms with Gasteiger partial charge >= 0.3 is 0 Å². The summed E-state index contributed by atoms with van der Waals surface area (Å²) >= 11 is 0. The van der Waals surface area contributed by atoms with Gasteiger partial charge in [0.2, 0.25) is 0 Å². The molecule has 0 spiro atoms. The molecule has 2 nitrogen and oxygen atoms in total. The SMILES string of the molecule is O=COCC[CH]C1CCCC1. The van der Waals surface area contributed by atoms with Crippen LogP contribution in [-0.2, 0) is 9.53 Å². The Kier molecular flexibility index (Phi) is 4.02. The number of hydrogen-bond acceptors (Lipinski definition) is 2. The number of carbonyl (C=O) groups excluding carboxylic acids is 1. The summed E-state index contributed by atoms with van der Waals surface area (Å²) in [5, 5.41) is 0. The van der Waals surface area contributed by atoms with Crippen molar-refractivity contribution in [2.24, 2.45) is 5.92 Å². The first-order valence-electron chi connectivity index (χ1n) is 4.32. The quantitative estimate of drug-likeness (QED) is 0.448. The lowest BCUT2D eigenvalue weighted by Crippen LogP contribution is -1.98. The van der Waals surface area contributed by atoms with Crippen molar-refractivity contribution in [3.8, 4) is 0 Å². The maximum atomic E-state index is 9.76. The van der Waals surface area contributed by atoms with Gasteiger partial charge in [0, 0.05) is 0 Å². The van der Waals surface area contributed by atoms with Crippen LogP contribution in [0.1, 0.15) is 32.1 Å². The van der Waals surface area contributed by atoms with Gasteiger partial charge < -0.3 is 4.74 Å². The molecule has 0 aromatic carbocycles. The van der Waals surface area contributed by atoms with E-state index < -0.39 is 0 Å². The van der Waals surface area contributed by atoms with E-state index in [4.69, 9.17) is 0 Å². The third-order valence-electron chi connectivity index (χ3n) is 2.20. The molecule has 0 bridgehead atoms. The topological polar surface area (TPSA) is 26.3 Å². The summed E-state index contributed by atoms with van der Waals surface area (Å²) in [5.41, 5.74) is 0. The molecule has 0 saturated heterocycles. The van der Waals surface area contributed by atoms with Gasteiger partial charge in [-0.15, -0.1) is 0 Å². The van der Waals surface area contributed by atoms with Crippen LogP contribution in [0, 0.1) is 12.3 Å². The smallest absolute Gasteiger partial charge is 0.293 e. The van der Waals surface area contributed by atoms with E-state index in [0.29, 0.717) is 13.1 Å². The highest BCUT2D eigenvalue weighted by Crippen LogP contribution is 2.27. The molecule has 0 heterocycles. The largest absolute Gasteiger partial charge is 0.468 e. The van der Waals surface area contributed by atoms with Crippen LogP contribution in [0.3, 0.4) is 0 Å². The summed E-state index contributed by atoms with van der Waals surface area (Å²) < 4.78 is 4.58. The molecule has 0 unspecified atom stereocenters. The van der Waals surface area contributed by atoms with Crippen molar-refractivity contribution < 1.29 is 9.53 Å². The predicted molar refractivity (Wildman–Crippen MR) is 42.9 cm³/mol. The van der Waals surface area contributed by atoms with Crippen molar-refractivity contribution in [2.75, 3.05) is 6.61 Å². The van der Waals surface area contributed by atoms with Crippen molar-refractivity contribution in [3.63, 3.8) is 0 Å². The third-order valence-corrected chi connectivity index (χ3v) is 2.20. The maximum absolute atomic E-state index is 9.76. The normalized spacial score (nSPS) is 18.5. The van der Waals surface area contributed by atoms with Gasteiger partial charge in [-0.2, -0.15) is 0 Å². The Morgan fingerprint density at radius 2 is 2.09 bits per heavy atom. The van der Waals surface area contributed by atoms with E-state index in [-0.39, 0.29) is 0 Å². The third kappa shape index (κ3) is 3.40. The van der Waals surface area contributed by atoms with Crippen LogP contribution >= 0.6 is 0 Å². The Morgan fingerprint density at radius 3 is 2.73 bits per heavy atom. The van der Waals surface area contributed by atoms with Gasteiger partial charge in [-0.3, -0.25) is 4.79 Å². The summed E-state index contributed by atoms with van der Waals surface area (Å²) in [4.78, 5) is 9.76. The highest BCUT2D eigenvalue weighted by atomic mass is 16.5. The number of hydrogen-bond donors (Lipinski definition) is 0. The van der Waals surface area contributed by atoms with Crippen LogP contribution in [-0.4, -0.2) is 13.1 Å². The summed E-state index contributed by atoms with van der Waals surface area (Å²) in [6, 6.07) is 0. The fraction of sp³-hybridized carbons (Fsp3) is 0.778. The van der Waals surface area contributed by atoms with Crippen molar-refractivity contribution in [3.05, 3.63) is 6.42 Å². The highest BCUT2D eigenvalue weighted by Gasteiger charge is 2.13. The number of ether oxygens (including phenoxy) is 1. The van der Waals surface area contributed by atoms with E-state index in [2.05, 4.69) is 11.2 Å². The molecule has 1 saturated carbocycles. The average Bonchev–Trinajstić information content (AvgIpc) is 2.50. The molecule has 1 rings (SSSR count). The van der Waals surface area contributed by atoms with Gasteiger partial charge in [-0.05, 0) is 18.8 Å². The second-order valence-corrected chi connectivity index (χ2v) is 3.04. The van der Waals surface area contributed by atoms with E-state index in [9.17, 15) is 4.79 Å². The Balaban J connectivity index is 1.89. The summed E-state index contributed by atoms with van der Waals surface area (Å²) in [6.07, 6.45) is 8.62. The van der Waals surface area contributed by atoms with Crippen LogP contribution < -0.4 is 0 Å². The molecule has 11 heavy (non-hydrogen) atoms. The number of rotatable bonds is 5. The fourth-order valence-electron chi connectivity index (χ4n) is 1.61. The molecule has 1 radical (unpaired) electrons. The average molecular weight is 155 g/mol. The van der Waals surface area contributed by atoms with Gasteiger partial charge in [-0.25, -0.2) is 0 Å². The van der Waals surface area contributed by atoms with Crippen molar-refractivity contribution >= 4 is 6.47 Å². The second kappa shape index (κ2) is 5.16. The molecule has 1 fully saturated rings. The molecule has 0 atom stereocenters. The van der Waals surface area contributed by atoms with Gasteiger partial charge in [0.15, 0.2) is 0 Å². The lowest BCUT2D eigenvalue weighted by atomic mass is 10.0. The van der Waals surface area contributed by atoms with Gasteiger partial charge in [0.05, 0.1) is 6.61 Å². The van der Waals surface area contributed by atoms with E-state index in [1.165, 1.54) is 25.7 Å². The first kappa shape index (κ1) is 8.57. The van der Waals surface area contributed by atoms with Crippen LogP contribution in [0.4, 0.5) is 0 Å². The van der Waals surface area contributed by atoms with Gasteiger partial charge in [0.1, 0.15) is 0 Å². The summed E-state index contributed by atoms with van der Waals surface area (Å²) in [5.74, 6) is 0.797. The Labute approximate surface area is 67.9 Å². The molecule has 1 aliphatic rings. The van der Waals surface area contributed by atoms with Crippen molar-refractivity contribution in [1.82, 2.24) is 0 Å². The predicted octanol–water partition coefficient (Wildman–Crippen LogP) is 1.94. The van der Waals surface area contributed by atoms with Crippen molar-refractivity contribution in [1.29, 1.82) is 0 Å². The molecule has 63 valence electrons. The monoisotopic (exact) mass is 155 g/mol. The van der Waals surface area contributed by atoms with Crippen LogP contribution in [0.15, 0.2) is 0 Å². The molecular formula is C9H15O2. The molecule has 0 amide bonds. The zero-order valence-electron chi connectivity index (χ0n) is 6.79. The van der Waals surface area contributed by atoms with E-state index in [0.717, 1.165) is 12.3 Å². The molecule has 0 N–H and O–H groups in total. The summed E-state index contributed by atoms with van der Waals surface area (Å²) in [6.45, 7) is 1.07. The second-order valence-electron chi connectivity index (χ2n) is 3.04. The Hall–Kier alpha value is -0.530. The summed E-state index contributed by atoms with van der Waals surface area (Å²) in [7, 11) is 0. The van der Waals surface area contributed by atoms with Crippen molar-refractivity contribution in [2.45, 2.75) is 32.1 Å². The van der Waals surface area contributed by atoms with Crippen LogP contribution in [0.25, 0.3) is 0 Å². The van der Waals surface area contributed by atoms with Crippen LogP contribution in [0.2, 0.25) is 0 Å². The zero-order valence-corrected chi connectivity index (χ0v) is 6.79. The fourth-order valence-corrected chi connectivity index (χ4v) is 1.61. The van der Waals surface area contributed by atoms with E-state index >= 15 is 0 Å². The minimum absolute atomic E-state index is 0.516. The van der Waals surface area contributed by atoms with Gasteiger partial charge in [0.25, 0.3) is 6.47 Å². The highest BCUT2D eigenvalue weighted by molar-refractivity contribution is 5.36.